The molecule has 3 nitrogen and oxygen atoms in total. The van der Waals surface area contributed by atoms with Crippen LogP contribution in [0.5, 0.6) is 11.6 Å². The van der Waals surface area contributed by atoms with Crippen molar-refractivity contribution in [2.45, 2.75) is 6.92 Å². The predicted molar refractivity (Wildman–Crippen MR) is 64.9 cm³/mol. The molecule has 2 rings (SSSR count). The minimum absolute atomic E-state index is 0.492. The van der Waals surface area contributed by atoms with Gasteiger partial charge in [-0.25, -0.2) is 4.98 Å². The first-order chi connectivity index (χ1) is 7.65. The molecule has 0 saturated heterocycles. The fourth-order valence-corrected chi connectivity index (χ4v) is 1.34. The van der Waals surface area contributed by atoms with Gasteiger partial charge in [0.15, 0.2) is 0 Å². The van der Waals surface area contributed by atoms with Crippen molar-refractivity contribution in [1.29, 1.82) is 0 Å². The van der Waals surface area contributed by atoms with E-state index in [4.69, 9.17) is 22.1 Å². The summed E-state index contributed by atoms with van der Waals surface area (Å²) in [5, 5.41) is 0.518. The lowest BCUT2D eigenvalue weighted by Crippen LogP contribution is -1.90. The average Bonchev–Trinajstić information content (AvgIpc) is 2.27. The van der Waals surface area contributed by atoms with Crippen LogP contribution in [0.3, 0.4) is 0 Å². The maximum Gasteiger partial charge on any atom is 0.219 e. The molecule has 0 spiro atoms. The van der Waals surface area contributed by atoms with Crippen molar-refractivity contribution in [2.24, 2.45) is 0 Å². The molecule has 0 saturated carbocycles. The summed E-state index contributed by atoms with van der Waals surface area (Å²) in [5.41, 5.74) is 7.24. The number of nitrogen functional groups attached to an aromatic ring is 1. The Balaban J connectivity index is 2.20. The minimum Gasteiger partial charge on any atom is -0.439 e. The number of benzene rings is 1. The molecule has 0 aliphatic rings. The van der Waals surface area contributed by atoms with Gasteiger partial charge < -0.3 is 10.5 Å². The van der Waals surface area contributed by atoms with Crippen LogP contribution in [0.15, 0.2) is 36.5 Å². The van der Waals surface area contributed by atoms with E-state index in [1.165, 1.54) is 0 Å². The quantitative estimate of drug-likeness (QED) is 0.810. The predicted octanol–water partition coefficient (Wildman–Crippen LogP) is 3.42. The van der Waals surface area contributed by atoms with Crippen LogP contribution in [0.25, 0.3) is 0 Å². The van der Waals surface area contributed by atoms with E-state index < -0.39 is 0 Å². The van der Waals surface area contributed by atoms with E-state index in [1.807, 2.05) is 13.0 Å². The van der Waals surface area contributed by atoms with Crippen molar-refractivity contribution in [3.05, 3.63) is 47.1 Å². The largest absolute Gasteiger partial charge is 0.439 e. The fourth-order valence-electron chi connectivity index (χ4n) is 1.22. The highest BCUT2D eigenvalue weighted by Crippen LogP contribution is 2.26. The first-order valence-electron chi connectivity index (χ1n) is 4.81. The smallest absolute Gasteiger partial charge is 0.219 e. The van der Waals surface area contributed by atoms with Crippen LogP contribution < -0.4 is 10.5 Å². The van der Waals surface area contributed by atoms with Gasteiger partial charge in [0.05, 0.1) is 10.7 Å². The molecule has 2 N–H and O–H groups in total. The number of rotatable bonds is 2. The topological polar surface area (TPSA) is 48.1 Å². The monoisotopic (exact) mass is 234 g/mol. The Kier molecular flexibility index (Phi) is 2.97. The Morgan fingerprint density at radius 3 is 2.69 bits per heavy atom. The molecule has 1 heterocycles. The van der Waals surface area contributed by atoms with Gasteiger partial charge in [-0.15, -0.1) is 0 Å². The molecule has 0 aliphatic carbocycles. The van der Waals surface area contributed by atoms with Gasteiger partial charge in [-0.3, -0.25) is 0 Å². The Bertz CT molecular complexity index is 497. The van der Waals surface area contributed by atoms with Gasteiger partial charge in [-0.2, -0.15) is 0 Å². The van der Waals surface area contributed by atoms with Gasteiger partial charge in [0, 0.05) is 18.3 Å². The van der Waals surface area contributed by atoms with Crippen LogP contribution in [0.1, 0.15) is 5.56 Å². The molecule has 0 fully saturated rings. The van der Waals surface area contributed by atoms with Crippen LogP contribution in [0.2, 0.25) is 5.02 Å². The molecule has 0 unspecified atom stereocenters. The Hall–Kier alpha value is -1.74. The van der Waals surface area contributed by atoms with Gasteiger partial charge in [-0.05, 0) is 24.6 Å². The molecule has 4 heteroatoms. The Morgan fingerprint density at radius 1 is 1.25 bits per heavy atom. The second-order valence-corrected chi connectivity index (χ2v) is 3.87. The van der Waals surface area contributed by atoms with Gasteiger partial charge in [0.2, 0.25) is 5.88 Å². The van der Waals surface area contributed by atoms with E-state index >= 15 is 0 Å². The summed E-state index contributed by atoms with van der Waals surface area (Å²) in [6.45, 7) is 1.97. The maximum absolute atomic E-state index is 5.81. The molecule has 1 aromatic carbocycles. The molecule has 16 heavy (non-hydrogen) atoms. The van der Waals surface area contributed by atoms with Crippen molar-refractivity contribution in [2.75, 3.05) is 5.73 Å². The summed E-state index contributed by atoms with van der Waals surface area (Å²) in [6.07, 6.45) is 1.74. The Morgan fingerprint density at radius 2 is 2.06 bits per heavy atom. The zero-order chi connectivity index (χ0) is 11.5. The van der Waals surface area contributed by atoms with Crippen LogP contribution in [-0.4, -0.2) is 4.98 Å². The number of aromatic nitrogens is 1. The first-order valence-corrected chi connectivity index (χ1v) is 5.18. The van der Waals surface area contributed by atoms with Crippen LogP contribution >= 0.6 is 11.6 Å². The number of hydrogen-bond acceptors (Lipinski definition) is 3. The standard InChI is InChI=1S/C12H11ClN2O/c1-8-2-5-12(15-7-8)16-9-3-4-10(13)11(14)6-9/h2-7H,14H2,1H3. The summed E-state index contributed by atoms with van der Waals surface area (Å²) in [7, 11) is 0. The molecule has 0 aliphatic heterocycles. The third-order valence-corrected chi connectivity index (χ3v) is 2.42. The highest BCUT2D eigenvalue weighted by atomic mass is 35.5. The average molecular weight is 235 g/mol. The number of ether oxygens (including phenoxy) is 1. The van der Waals surface area contributed by atoms with Gasteiger partial charge in [0.1, 0.15) is 5.75 Å². The zero-order valence-corrected chi connectivity index (χ0v) is 9.53. The lowest BCUT2D eigenvalue weighted by atomic mass is 10.3. The van der Waals surface area contributed by atoms with Crippen molar-refractivity contribution in [3.8, 4) is 11.6 Å². The third kappa shape index (κ3) is 2.44. The van der Waals surface area contributed by atoms with Crippen molar-refractivity contribution in [3.63, 3.8) is 0 Å². The number of halogens is 1. The van der Waals surface area contributed by atoms with Crippen molar-refractivity contribution < 1.29 is 4.74 Å². The van der Waals surface area contributed by atoms with E-state index in [2.05, 4.69) is 4.98 Å². The lowest BCUT2D eigenvalue weighted by molar-refractivity contribution is 0.463. The van der Waals surface area contributed by atoms with Gasteiger partial charge >= 0.3 is 0 Å². The number of pyridine rings is 1. The van der Waals surface area contributed by atoms with Gasteiger partial charge in [-0.1, -0.05) is 17.7 Å². The first kappa shape index (κ1) is 10.8. The number of nitrogens with two attached hydrogens (primary N) is 1. The molecule has 2 aromatic rings. The maximum atomic E-state index is 5.81. The summed E-state index contributed by atoms with van der Waals surface area (Å²) in [6, 6.07) is 8.85. The van der Waals surface area contributed by atoms with E-state index in [1.54, 1.807) is 30.5 Å². The summed E-state index contributed by atoms with van der Waals surface area (Å²) >= 11 is 5.81. The summed E-state index contributed by atoms with van der Waals surface area (Å²) < 4.78 is 5.52. The van der Waals surface area contributed by atoms with Crippen LogP contribution in [-0.2, 0) is 0 Å². The normalized spacial score (nSPS) is 10.1. The highest BCUT2D eigenvalue weighted by Gasteiger charge is 2.01. The van der Waals surface area contributed by atoms with Crippen LogP contribution in [0, 0.1) is 6.92 Å². The molecule has 0 amide bonds. The van der Waals surface area contributed by atoms with E-state index in [-0.39, 0.29) is 0 Å². The molecule has 0 radical (unpaired) electrons. The molecular weight excluding hydrogens is 224 g/mol. The Labute approximate surface area is 98.8 Å². The number of anilines is 1. The van der Waals surface area contributed by atoms with Crippen molar-refractivity contribution in [1.82, 2.24) is 4.98 Å². The number of aryl methyl sites for hydroxylation is 1. The number of hydrogen-bond donors (Lipinski definition) is 1. The van der Waals surface area contributed by atoms with E-state index in [9.17, 15) is 0 Å². The second kappa shape index (κ2) is 4.41. The fraction of sp³-hybridized carbons (Fsp3) is 0.0833. The molecule has 82 valence electrons. The SMILES string of the molecule is Cc1ccc(Oc2ccc(Cl)c(N)c2)nc1. The molecule has 1 aromatic heterocycles. The third-order valence-electron chi connectivity index (χ3n) is 2.07. The number of nitrogens with zero attached hydrogens (tertiary/aromatic N) is 1. The van der Waals surface area contributed by atoms with E-state index in [0.29, 0.717) is 22.3 Å². The lowest BCUT2D eigenvalue weighted by Gasteiger charge is -2.06. The second-order valence-electron chi connectivity index (χ2n) is 3.46. The van der Waals surface area contributed by atoms with Crippen molar-refractivity contribution >= 4 is 17.3 Å². The molecular formula is C12H11ClN2O. The van der Waals surface area contributed by atoms with Crippen LogP contribution in [0.4, 0.5) is 5.69 Å². The molecule has 0 atom stereocenters. The highest BCUT2D eigenvalue weighted by molar-refractivity contribution is 6.33. The zero-order valence-electron chi connectivity index (χ0n) is 8.77. The summed E-state index contributed by atoms with van der Waals surface area (Å²) in [4.78, 5) is 4.13. The summed E-state index contributed by atoms with van der Waals surface area (Å²) in [5.74, 6) is 1.16. The van der Waals surface area contributed by atoms with E-state index in [0.717, 1.165) is 5.56 Å². The minimum atomic E-state index is 0.492. The molecule has 0 bridgehead atoms. The van der Waals surface area contributed by atoms with Gasteiger partial charge in [0.25, 0.3) is 0 Å².